The smallest absolute Gasteiger partial charge is 0.315 e. The molecule has 0 heterocycles. The molecule has 1 aromatic carbocycles. The third kappa shape index (κ3) is 0.885. The first-order valence-corrected chi connectivity index (χ1v) is 5.23. The van der Waals surface area contributed by atoms with Crippen LogP contribution < -0.4 is 0 Å². The maximum atomic E-state index is 13.9. The van der Waals surface area contributed by atoms with E-state index in [-0.39, 0.29) is 12.8 Å². The number of carboxylic acid groups (broad SMARTS) is 1. The highest BCUT2D eigenvalue weighted by molar-refractivity contribution is 5.83. The molecule has 0 atom stereocenters. The molecule has 0 spiro atoms. The second kappa shape index (κ2) is 2.66. The van der Waals surface area contributed by atoms with Gasteiger partial charge >= 0.3 is 5.97 Å². The van der Waals surface area contributed by atoms with Crippen molar-refractivity contribution >= 4 is 5.97 Å². The summed E-state index contributed by atoms with van der Waals surface area (Å²) in [6.45, 7) is 0. The highest BCUT2D eigenvalue weighted by atomic mass is 19.3. The fraction of sp³-hybridized carbons (Fsp3) is 0.417. The number of carboxylic acids is 1. The Hall–Kier alpha value is -1.52. The van der Waals surface area contributed by atoms with Crippen LogP contribution in [0, 0.1) is 11.2 Å². The molecule has 3 fully saturated rings. The zero-order valence-electron chi connectivity index (χ0n) is 8.71. The Kier molecular flexibility index (Phi) is 1.66. The topological polar surface area (TPSA) is 37.3 Å². The predicted octanol–water partition coefficient (Wildman–Crippen LogP) is 2.58. The molecule has 3 aliphatic carbocycles. The van der Waals surface area contributed by atoms with E-state index in [4.69, 9.17) is 5.11 Å². The number of aliphatic carboxylic acids is 1. The lowest BCUT2D eigenvalue weighted by Crippen LogP contribution is -2.83. The molecular formula is C12H9F3O2. The number of rotatable bonds is 2. The Morgan fingerprint density at radius 2 is 1.71 bits per heavy atom. The van der Waals surface area contributed by atoms with Crippen LogP contribution in [-0.2, 0) is 10.2 Å². The van der Waals surface area contributed by atoms with Crippen LogP contribution >= 0.6 is 0 Å². The maximum absolute atomic E-state index is 13.9. The Labute approximate surface area is 95.1 Å². The van der Waals surface area contributed by atoms with E-state index in [1.165, 1.54) is 12.1 Å². The van der Waals surface area contributed by atoms with Crippen molar-refractivity contribution in [1.29, 1.82) is 0 Å². The van der Waals surface area contributed by atoms with E-state index in [0.29, 0.717) is 5.56 Å². The molecule has 0 amide bonds. The summed E-state index contributed by atoms with van der Waals surface area (Å²) in [5.41, 5.74) is -2.95. The summed E-state index contributed by atoms with van der Waals surface area (Å²) in [5.74, 6) is -5.16. The van der Waals surface area contributed by atoms with Gasteiger partial charge in [0.2, 0.25) is 0 Å². The van der Waals surface area contributed by atoms with Gasteiger partial charge in [-0.2, -0.15) is 0 Å². The molecule has 17 heavy (non-hydrogen) atoms. The molecular weight excluding hydrogens is 233 g/mol. The molecule has 1 aromatic rings. The van der Waals surface area contributed by atoms with Crippen molar-refractivity contribution < 1.29 is 23.1 Å². The first-order valence-electron chi connectivity index (χ1n) is 5.23. The van der Waals surface area contributed by atoms with E-state index in [9.17, 15) is 18.0 Å². The second-order valence-electron chi connectivity index (χ2n) is 4.90. The number of carbonyl (C=O) groups is 1. The van der Waals surface area contributed by atoms with Gasteiger partial charge < -0.3 is 5.11 Å². The largest absolute Gasteiger partial charge is 0.481 e. The molecule has 0 aromatic heterocycles. The molecule has 0 saturated heterocycles. The molecule has 3 aliphatic rings. The number of alkyl halides is 2. The van der Waals surface area contributed by atoms with Gasteiger partial charge in [-0.3, -0.25) is 4.79 Å². The second-order valence-corrected chi connectivity index (χ2v) is 4.90. The van der Waals surface area contributed by atoms with Crippen molar-refractivity contribution in [3.63, 3.8) is 0 Å². The third-order valence-corrected chi connectivity index (χ3v) is 4.22. The van der Waals surface area contributed by atoms with Crippen LogP contribution in [0.3, 0.4) is 0 Å². The summed E-state index contributed by atoms with van der Waals surface area (Å²) >= 11 is 0. The van der Waals surface area contributed by atoms with Crippen LogP contribution in [0.5, 0.6) is 0 Å². The molecule has 0 unspecified atom stereocenters. The van der Waals surface area contributed by atoms with Crippen molar-refractivity contribution in [2.45, 2.75) is 24.2 Å². The fourth-order valence-corrected chi connectivity index (χ4v) is 3.11. The lowest BCUT2D eigenvalue weighted by molar-refractivity contribution is -0.357. The third-order valence-electron chi connectivity index (χ3n) is 4.22. The Bertz CT molecular complexity index is 501. The minimum Gasteiger partial charge on any atom is -0.481 e. The number of benzene rings is 1. The van der Waals surface area contributed by atoms with Gasteiger partial charge in [-0.15, -0.1) is 0 Å². The van der Waals surface area contributed by atoms with Crippen LogP contribution in [0.1, 0.15) is 18.4 Å². The highest BCUT2D eigenvalue weighted by Crippen LogP contribution is 2.81. The first kappa shape index (κ1) is 10.6. The maximum Gasteiger partial charge on any atom is 0.315 e. The SMILES string of the molecule is O=C(O)C12CC(c3ccc(F)cc3)(C1)C2(F)F. The molecule has 5 heteroatoms. The summed E-state index contributed by atoms with van der Waals surface area (Å²) < 4.78 is 40.4. The van der Waals surface area contributed by atoms with Gasteiger partial charge in [-0.25, -0.2) is 13.2 Å². The predicted molar refractivity (Wildman–Crippen MR) is 52.3 cm³/mol. The van der Waals surface area contributed by atoms with Crippen LogP contribution in [0.2, 0.25) is 0 Å². The minimum atomic E-state index is -3.23. The van der Waals surface area contributed by atoms with Crippen molar-refractivity contribution in [1.82, 2.24) is 0 Å². The quantitative estimate of drug-likeness (QED) is 0.865. The van der Waals surface area contributed by atoms with E-state index >= 15 is 0 Å². The lowest BCUT2D eigenvalue weighted by atomic mass is 9.30. The van der Waals surface area contributed by atoms with Crippen LogP contribution in [-0.4, -0.2) is 17.0 Å². The Balaban J connectivity index is 1.99. The van der Waals surface area contributed by atoms with Crippen molar-refractivity contribution in [2.24, 2.45) is 5.41 Å². The van der Waals surface area contributed by atoms with E-state index in [1.54, 1.807) is 0 Å². The highest BCUT2D eigenvalue weighted by Gasteiger charge is 2.91. The summed E-state index contributed by atoms with van der Waals surface area (Å²) in [6, 6.07) is 4.88. The van der Waals surface area contributed by atoms with Crippen LogP contribution in [0.15, 0.2) is 24.3 Å². The molecule has 2 nitrogen and oxygen atoms in total. The van der Waals surface area contributed by atoms with Gasteiger partial charge in [-0.1, -0.05) is 12.1 Å². The van der Waals surface area contributed by atoms with E-state index < -0.39 is 28.5 Å². The minimum absolute atomic E-state index is 0.0615. The summed E-state index contributed by atoms with van der Waals surface area (Å²) in [5, 5.41) is 8.83. The van der Waals surface area contributed by atoms with E-state index in [1.807, 2.05) is 0 Å². The standard InChI is InChI=1S/C12H9F3O2/c13-8-3-1-7(2-4-8)10-5-11(6-10,9(16)17)12(10,14)15/h1-4H,5-6H2,(H,16,17). The molecule has 0 radical (unpaired) electrons. The van der Waals surface area contributed by atoms with Gasteiger partial charge in [0.1, 0.15) is 11.2 Å². The van der Waals surface area contributed by atoms with Gasteiger partial charge in [0.15, 0.2) is 0 Å². The van der Waals surface area contributed by atoms with Gasteiger partial charge in [0.25, 0.3) is 5.92 Å². The summed E-state index contributed by atoms with van der Waals surface area (Å²) in [4.78, 5) is 10.8. The Morgan fingerprint density at radius 3 is 2.12 bits per heavy atom. The Morgan fingerprint density at radius 1 is 1.18 bits per heavy atom. The first-order chi connectivity index (χ1) is 7.86. The molecule has 1 N–H and O–H groups in total. The zero-order valence-corrected chi connectivity index (χ0v) is 8.71. The van der Waals surface area contributed by atoms with Crippen molar-refractivity contribution in [3.8, 4) is 0 Å². The molecule has 2 bridgehead atoms. The lowest BCUT2D eigenvalue weighted by Gasteiger charge is -2.73. The van der Waals surface area contributed by atoms with Crippen LogP contribution in [0.4, 0.5) is 13.2 Å². The van der Waals surface area contributed by atoms with E-state index in [0.717, 1.165) is 12.1 Å². The average Bonchev–Trinajstić information content (AvgIpc) is 2.18. The average molecular weight is 242 g/mol. The normalized spacial score (nSPS) is 36.9. The number of halogens is 3. The number of hydrogen-bond donors (Lipinski definition) is 1. The van der Waals surface area contributed by atoms with Gasteiger partial charge in [-0.05, 0) is 30.5 Å². The monoisotopic (exact) mass is 242 g/mol. The molecule has 4 rings (SSSR count). The fourth-order valence-electron chi connectivity index (χ4n) is 3.11. The van der Waals surface area contributed by atoms with E-state index in [2.05, 4.69) is 0 Å². The van der Waals surface area contributed by atoms with Crippen molar-refractivity contribution in [3.05, 3.63) is 35.6 Å². The summed E-state index contributed by atoms with van der Waals surface area (Å²) in [6.07, 6.45) is -0.123. The van der Waals surface area contributed by atoms with Crippen LogP contribution in [0.25, 0.3) is 0 Å². The van der Waals surface area contributed by atoms with Crippen molar-refractivity contribution in [2.75, 3.05) is 0 Å². The summed E-state index contributed by atoms with van der Waals surface area (Å²) in [7, 11) is 0. The van der Waals surface area contributed by atoms with Gasteiger partial charge in [0, 0.05) is 0 Å². The molecule has 0 aliphatic heterocycles. The van der Waals surface area contributed by atoms with Gasteiger partial charge in [0.05, 0.1) is 5.41 Å². The molecule has 90 valence electrons. The number of hydrogen-bond acceptors (Lipinski definition) is 1. The molecule has 3 saturated carbocycles. The zero-order chi connectivity index (χ0) is 12.5.